The first-order valence-electron chi connectivity index (χ1n) is 9.18. The van der Waals surface area contributed by atoms with E-state index < -0.39 is 0 Å². The van der Waals surface area contributed by atoms with Gasteiger partial charge in [0.05, 0.1) is 31.1 Å². The largest absolute Gasteiger partial charge is 0.493 e. The topological polar surface area (TPSA) is 71.3 Å². The zero-order chi connectivity index (χ0) is 20.5. The molecule has 3 aromatic heterocycles. The van der Waals surface area contributed by atoms with E-state index in [4.69, 9.17) is 14.2 Å². The van der Waals surface area contributed by atoms with Crippen LogP contribution in [0.4, 0.5) is 0 Å². The second-order valence-corrected chi connectivity index (χ2v) is 6.75. The first-order valence-corrected chi connectivity index (χ1v) is 9.18. The first kappa shape index (κ1) is 18.7. The molecule has 0 amide bonds. The van der Waals surface area contributed by atoms with Crippen LogP contribution >= 0.6 is 0 Å². The molecule has 0 aliphatic rings. The summed E-state index contributed by atoms with van der Waals surface area (Å²) >= 11 is 0. The fourth-order valence-corrected chi connectivity index (χ4v) is 3.24. The summed E-state index contributed by atoms with van der Waals surface area (Å²) in [5.41, 5.74) is 4.17. The number of benzene rings is 1. The fraction of sp³-hybridized carbons (Fsp3) is 0.227. The second kappa shape index (κ2) is 7.43. The van der Waals surface area contributed by atoms with Gasteiger partial charge in [-0.3, -0.25) is 4.68 Å². The van der Waals surface area contributed by atoms with Crippen LogP contribution in [0, 0.1) is 13.8 Å². The first-order chi connectivity index (χ1) is 14.0. The van der Waals surface area contributed by atoms with Crippen LogP contribution in [-0.4, -0.2) is 34.0 Å². The highest BCUT2D eigenvalue weighted by molar-refractivity contribution is 5.83. The minimum absolute atomic E-state index is 0.468. The van der Waals surface area contributed by atoms with Crippen molar-refractivity contribution in [3.8, 4) is 34.5 Å². The molecule has 7 heteroatoms. The van der Waals surface area contributed by atoms with E-state index in [1.54, 1.807) is 18.9 Å². The summed E-state index contributed by atoms with van der Waals surface area (Å²) < 4.78 is 18.7. The van der Waals surface area contributed by atoms with Gasteiger partial charge in [-0.25, -0.2) is 9.97 Å². The normalized spacial score (nSPS) is 10.9. The average Bonchev–Trinajstić information content (AvgIpc) is 3.06. The molecule has 0 atom stereocenters. The Morgan fingerprint density at radius 1 is 0.793 bits per heavy atom. The van der Waals surface area contributed by atoms with E-state index in [1.165, 1.54) is 0 Å². The SMILES string of the molecule is COc1cc2ccc(Oc3ccc(C)nc3-c3cc(C)nn3C)nc2cc1OC. The smallest absolute Gasteiger partial charge is 0.219 e. The van der Waals surface area contributed by atoms with E-state index in [2.05, 4.69) is 15.1 Å². The van der Waals surface area contributed by atoms with Gasteiger partial charge in [0.1, 0.15) is 5.69 Å². The van der Waals surface area contributed by atoms with E-state index in [9.17, 15) is 0 Å². The van der Waals surface area contributed by atoms with Crippen molar-refractivity contribution >= 4 is 10.9 Å². The third kappa shape index (κ3) is 3.59. The van der Waals surface area contributed by atoms with E-state index in [1.807, 2.05) is 63.4 Å². The second-order valence-electron chi connectivity index (χ2n) is 6.75. The van der Waals surface area contributed by atoms with Gasteiger partial charge >= 0.3 is 0 Å². The van der Waals surface area contributed by atoms with E-state index in [0.29, 0.717) is 23.1 Å². The van der Waals surface area contributed by atoms with Crippen molar-refractivity contribution in [1.82, 2.24) is 19.7 Å². The summed E-state index contributed by atoms with van der Waals surface area (Å²) in [4.78, 5) is 9.31. The maximum atomic E-state index is 6.13. The molecule has 29 heavy (non-hydrogen) atoms. The average molecular weight is 390 g/mol. The van der Waals surface area contributed by atoms with Crippen LogP contribution in [0.5, 0.6) is 23.1 Å². The van der Waals surface area contributed by atoms with Crippen LogP contribution in [-0.2, 0) is 7.05 Å². The Labute approximate surface area is 168 Å². The zero-order valence-corrected chi connectivity index (χ0v) is 17.1. The van der Waals surface area contributed by atoms with E-state index in [-0.39, 0.29) is 0 Å². The summed E-state index contributed by atoms with van der Waals surface area (Å²) in [5.74, 6) is 2.36. The van der Waals surface area contributed by atoms with E-state index in [0.717, 1.165) is 33.7 Å². The minimum atomic E-state index is 0.468. The molecule has 148 valence electrons. The van der Waals surface area contributed by atoms with Crippen LogP contribution < -0.4 is 14.2 Å². The Morgan fingerprint density at radius 2 is 1.55 bits per heavy atom. The minimum Gasteiger partial charge on any atom is -0.493 e. The van der Waals surface area contributed by atoms with Crippen LogP contribution in [0.3, 0.4) is 0 Å². The van der Waals surface area contributed by atoms with Gasteiger partial charge in [-0.1, -0.05) is 0 Å². The highest BCUT2D eigenvalue weighted by atomic mass is 16.5. The monoisotopic (exact) mass is 390 g/mol. The summed E-state index contributed by atoms with van der Waals surface area (Å²) in [7, 11) is 5.11. The molecule has 1 aromatic carbocycles. The van der Waals surface area contributed by atoms with Crippen molar-refractivity contribution in [2.45, 2.75) is 13.8 Å². The van der Waals surface area contributed by atoms with Crippen LogP contribution in [0.1, 0.15) is 11.4 Å². The molecule has 7 nitrogen and oxygen atoms in total. The molecule has 0 saturated heterocycles. The third-order valence-electron chi connectivity index (χ3n) is 4.63. The van der Waals surface area contributed by atoms with Crippen LogP contribution in [0.2, 0.25) is 0 Å². The molecule has 0 bridgehead atoms. The number of pyridine rings is 2. The highest BCUT2D eigenvalue weighted by Crippen LogP contribution is 2.35. The lowest BCUT2D eigenvalue weighted by Gasteiger charge is -2.12. The predicted octanol–water partition coefficient (Wildman–Crippen LogP) is 4.46. The maximum absolute atomic E-state index is 6.13. The predicted molar refractivity (Wildman–Crippen MR) is 111 cm³/mol. The molecule has 4 aromatic rings. The molecular formula is C22H22N4O3. The van der Waals surface area contributed by atoms with Gasteiger partial charge in [0.15, 0.2) is 17.2 Å². The molecule has 0 aliphatic heterocycles. The molecule has 4 rings (SSSR count). The van der Waals surface area contributed by atoms with Gasteiger partial charge in [0, 0.05) is 30.3 Å². The molecule has 0 radical (unpaired) electrons. The van der Waals surface area contributed by atoms with Gasteiger partial charge in [-0.2, -0.15) is 5.10 Å². The lowest BCUT2D eigenvalue weighted by molar-refractivity contribution is 0.355. The standard InChI is InChI=1S/C22H22N4O3/c1-13-6-8-18(22(23-13)17-10-14(2)25-26(17)3)29-21-9-7-15-11-19(27-4)20(28-5)12-16(15)24-21/h6-12H,1-5H3. The number of aromatic nitrogens is 4. The summed E-state index contributed by atoms with van der Waals surface area (Å²) in [6.45, 7) is 3.90. The Kier molecular flexibility index (Phi) is 4.80. The zero-order valence-electron chi connectivity index (χ0n) is 17.1. The lowest BCUT2D eigenvalue weighted by Crippen LogP contribution is -2.00. The lowest BCUT2D eigenvalue weighted by atomic mass is 10.2. The number of rotatable bonds is 5. The van der Waals surface area contributed by atoms with Gasteiger partial charge in [-0.05, 0) is 44.2 Å². The number of aryl methyl sites for hydroxylation is 3. The summed E-state index contributed by atoms with van der Waals surface area (Å²) in [5, 5.41) is 5.35. The van der Waals surface area contributed by atoms with Crippen molar-refractivity contribution < 1.29 is 14.2 Å². The number of fused-ring (bicyclic) bond motifs is 1. The molecule has 0 saturated carbocycles. The summed E-state index contributed by atoms with van der Waals surface area (Å²) in [6, 6.07) is 13.3. The highest BCUT2D eigenvalue weighted by Gasteiger charge is 2.15. The fourth-order valence-electron chi connectivity index (χ4n) is 3.24. The Morgan fingerprint density at radius 3 is 2.24 bits per heavy atom. The molecule has 0 N–H and O–H groups in total. The molecular weight excluding hydrogens is 368 g/mol. The molecule has 0 aliphatic carbocycles. The number of hydrogen-bond acceptors (Lipinski definition) is 6. The van der Waals surface area contributed by atoms with Crippen molar-refractivity contribution in [2.75, 3.05) is 14.2 Å². The Balaban J connectivity index is 1.76. The Hall–Kier alpha value is -3.61. The van der Waals surface area contributed by atoms with Crippen molar-refractivity contribution in [3.63, 3.8) is 0 Å². The quantitative estimate of drug-likeness (QED) is 0.501. The molecule has 0 spiro atoms. The van der Waals surface area contributed by atoms with Gasteiger partial charge in [-0.15, -0.1) is 0 Å². The molecule has 3 heterocycles. The summed E-state index contributed by atoms with van der Waals surface area (Å²) in [6.07, 6.45) is 0. The van der Waals surface area contributed by atoms with Crippen molar-refractivity contribution in [1.29, 1.82) is 0 Å². The molecule has 0 unspecified atom stereocenters. The van der Waals surface area contributed by atoms with Crippen LogP contribution in [0.25, 0.3) is 22.3 Å². The number of hydrogen-bond donors (Lipinski definition) is 0. The van der Waals surface area contributed by atoms with Crippen molar-refractivity contribution in [3.05, 3.63) is 53.9 Å². The van der Waals surface area contributed by atoms with Gasteiger partial charge in [0.25, 0.3) is 0 Å². The number of methoxy groups -OCH3 is 2. The van der Waals surface area contributed by atoms with Gasteiger partial charge in [0.2, 0.25) is 5.88 Å². The van der Waals surface area contributed by atoms with Crippen LogP contribution in [0.15, 0.2) is 42.5 Å². The van der Waals surface area contributed by atoms with Crippen molar-refractivity contribution in [2.24, 2.45) is 7.05 Å². The van der Waals surface area contributed by atoms with Gasteiger partial charge < -0.3 is 14.2 Å². The Bertz CT molecular complexity index is 1200. The third-order valence-corrected chi connectivity index (χ3v) is 4.63. The number of ether oxygens (including phenoxy) is 3. The van der Waals surface area contributed by atoms with E-state index >= 15 is 0 Å². The number of nitrogens with zero attached hydrogens (tertiary/aromatic N) is 4. The molecule has 0 fully saturated rings. The maximum Gasteiger partial charge on any atom is 0.219 e.